The van der Waals surface area contributed by atoms with E-state index in [2.05, 4.69) is 5.32 Å². The van der Waals surface area contributed by atoms with Gasteiger partial charge < -0.3 is 53.1 Å². The first-order chi connectivity index (χ1) is 34.7. The van der Waals surface area contributed by atoms with Gasteiger partial charge in [-0.25, -0.2) is 9.59 Å². The number of allylic oxidation sites excluding steroid dienone is 3. The number of alkyl carbamates (subject to hydrolysis) is 1. The third-order valence-corrected chi connectivity index (χ3v) is 16.5. The van der Waals surface area contributed by atoms with Gasteiger partial charge in [-0.2, -0.15) is 0 Å². The Morgan fingerprint density at radius 1 is 0.865 bits per heavy atom. The minimum absolute atomic E-state index is 0.00264. The molecular weight excluding hydrogens is 969 g/mol. The first-order valence-corrected chi connectivity index (χ1v) is 25.2. The first kappa shape index (κ1) is 56.0. The SMILES string of the molecule is COC(=O)NC1[C@H](C)O[C@@H](O[C@H]2C/C=C(\C)[C@@H]3C=C[C@@H]4[C@@H](O[C@@H]5CC(OC(C)=O)C(OC(C)=O)[C@H](C)O5)[C@@H](C)C[C@H](C)[C@H]4[C@]3(C)/C(O)=C3\C(=O)O[C@]4(CC(C=O)=C[C@H](OC(C)=O)[C@H]4/C=C\2C)C3=O)CC1(C)[N+](=O)[O-]. The van der Waals surface area contributed by atoms with E-state index in [1.807, 2.05) is 39.0 Å². The van der Waals surface area contributed by atoms with Crippen LogP contribution in [0.5, 0.6) is 0 Å². The molecule has 4 aliphatic carbocycles. The minimum Gasteiger partial charge on any atom is -0.511 e. The number of Topliss-reactive ketones (excluding diaryl/α,β-unsaturated/α-hetero) is 1. The molecule has 21 heteroatoms. The second-order valence-electron chi connectivity index (χ2n) is 21.7. The first-order valence-electron chi connectivity index (χ1n) is 25.2. The Hall–Kier alpha value is -5.77. The second kappa shape index (κ2) is 21.5. The lowest BCUT2D eigenvalue weighted by Crippen LogP contribution is -2.65. The van der Waals surface area contributed by atoms with Crippen molar-refractivity contribution in [3.05, 3.63) is 68.5 Å². The highest BCUT2D eigenvalue weighted by molar-refractivity contribution is 6.26. The Morgan fingerprint density at radius 2 is 1.53 bits per heavy atom. The summed E-state index contributed by atoms with van der Waals surface area (Å²) in [6.07, 6.45) is -0.238. The maximum Gasteiger partial charge on any atom is 0.407 e. The molecule has 1 spiro atoms. The van der Waals surface area contributed by atoms with Crippen molar-refractivity contribution in [1.82, 2.24) is 5.32 Å². The van der Waals surface area contributed by atoms with Crippen molar-refractivity contribution in [1.29, 1.82) is 0 Å². The largest absolute Gasteiger partial charge is 0.511 e. The van der Waals surface area contributed by atoms with Gasteiger partial charge in [0.05, 0.1) is 43.9 Å². The number of hydrogen-bond acceptors (Lipinski definition) is 19. The number of nitrogens with one attached hydrogen (secondary N) is 1. The highest BCUT2D eigenvalue weighted by atomic mass is 16.7. The van der Waals surface area contributed by atoms with Gasteiger partial charge in [-0.1, -0.05) is 50.6 Å². The average molecular weight is 1040 g/mol. The van der Waals surface area contributed by atoms with Crippen LogP contribution in [0.25, 0.3) is 0 Å². The summed E-state index contributed by atoms with van der Waals surface area (Å²) in [6, 6.07) is -1.13. The molecule has 4 unspecified atom stereocenters. The molecule has 406 valence electrons. The highest BCUT2D eigenvalue weighted by Crippen LogP contribution is 2.61. The van der Waals surface area contributed by atoms with E-state index in [1.165, 1.54) is 26.8 Å². The van der Waals surface area contributed by atoms with Crippen LogP contribution < -0.4 is 5.32 Å². The predicted molar refractivity (Wildman–Crippen MR) is 258 cm³/mol. The number of nitrogens with zero attached hydrogens (tertiary/aromatic N) is 1. The fraction of sp³-hybridized carbons (Fsp3) is 0.679. The van der Waals surface area contributed by atoms with E-state index < -0.39 is 160 Å². The van der Waals surface area contributed by atoms with E-state index in [4.69, 9.17) is 42.6 Å². The van der Waals surface area contributed by atoms with Crippen LogP contribution in [0.3, 0.4) is 0 Å². The zero-order chi connectivity index (χ0) is 54.5. The van der Waals surface area contributed by atoms with E-state index in [-0.39, 0.29) is 36.7 Å². The van der Waals surface area contributed by atoms with Crippen molar-refractivity contribution in [3.63, 3.8) is 0 Å². The van der Waals surface area contributed by atoms with Gasteiger partial charge in [-0.05, 0) is 75.5 Å². The van der Waals surface area contributed by atoms with Crippen molar-refractivity contribution in [2.24, 2.45) is 40.9 Å². The van der Waals surface area contributed by atoms with E-state index in [0.29, 0.717) is 23.9 Å². The number of aliphatic hydroxyl groups excluding tert-OH is 1. The number of aldehydes is 1. The molecule has 0 aromatic rings. The summed E-state index contributed by atoms with van der Waals surface area (Å²) < 4.78 is 54.1. The number of amides is 1. The van der Waals surface area contributed by atoms with E-state index >= 15 is 4.79 Å². The Kier molecular flexibility index (Phi) is 16.2. The maximum atomic E-state index is 15.6. The Balaban J connectivity index is 1.36. The third kappa shape index (κ3) is 10.3. The number of ketones is 1. The van der Waals surface area contributed by atoms with Crippen LogP contribution in [0.2, 0.25) is 0 Å². The summed E-state index contributed by atoms with van der Waals surface area (Å²) in [5.41, 5.74) is -4.96. The molecule has 3 saturated heterocycles. The Labute approximate surface area is 429 Å². The lowest BCUT2D eigenvalue weighted by Gasteiger charge is -2.56. The van der Waals surface area contributed by atoms with Crippen molar-refractivity contribution < 1.29 is 86.2 Å². The predicted octanol–water partition coefficient (Wildman–Crippen LogP) is 5.80. The molecule has 19 atom stereocenters. The number of esters is 4. The normalized spacial score (nSPS) is 43.4. The third-order valence-electron chi connectivity index (χ3n) is 16.5. The number of methoxy groups -OCH3 is 1. The molecule has 21 nitrogen and oxygen atoms in total. The second-order valence-corrected chi connectivity index (χ2v) is 21.7. The van der Waals surface area contributed by atoms with Crippen LogP contribution in [0.1, 0.15) is 108 Å². The zero-order valence-electron chi connectivity index (χ0n) is 44.0. The van der Waals surface area contributed by atoms with Gasteiger partial charge in [-0.15, -0.1) is 0 Å². The topological polar surface area (TPSA) is 278 Å². The number of aliphatic hydroxyl groups is 1. The molecule has 2 N–H and O–H groups in total. The summed E-state index contributed by atoms with van der Waals surface area (Å²) in [5, 5.41) is 28.5. The molecule has 1 amide bonds. The number of ether oxygens (including phenoxy) is 9. The fourth-order valence-electron chi connectivity index (χ4n) is 13.3. The number of fused-ring (bicyclic) bond motifs is 4. The summed E-state index contributed by atoms with van der Waals surface area (Å²) >= 11 is 0. The Bertz CT molecular complexity index is 2460. The van der Waals surface area contributed by atoms with Crippen LogP contribution >= 0.6 is 0 Å². The van der Waals surface area contributed by atoms with Crippen molar-refractivity contribution in [3.8, 4) is 0 Å². The van der Waals surface area contributed by atoms with Crippen molar-refractivity contribution >= 4 is 42.0 Å². The van der Waals surface area contributed by atoms with Gasteiger partial charge in [0.15, 0.2) is 24.3 Å². The Morgan fingerprint density at radius 3 is 2.15 bits per heavy atom. The molecule has 74 heavy (non-hydrogen) atoms. The van der Waals surface area contributed by atoms with Crippen LogP contribution in [0.4, 0.5) is 4.79 Å². The number of carbonyl (C=O) groups excluding carboxylic acids is 7. The molecular formula is C53H70N2O19. The molecule has 0 aromatic heterocycles. The highest BCUT2D eigenvalue weighted by Gasteiger charge is 2.65. The van der Waals surface area contributed by atoms with Gasteiger partial charge >= 0.3 is 30.0 Å². The molecule has 0 aromatic carbocycles. The lowest BCUT2D eigenvalue weighted by atomic mass is 9.49. The van der Waals surface area contributed by atoms with E-state index in [9.17, 15) is 44.0 Å². The summed E-state index contributed by atoms with van der Waals surface area (Å²) in [7, 11) is 1.14. The molecule has 3 aliphatic heterocycles. The molecule has 7 rings (SSSR count). The summed E-state index contributed by atoms with van der Waals surface area (Å²) in [4.78, 5) is 105. The number of carbonyl (C=O) groups is 7. The summed E-state index contributed by atoms with van der Waals surface area (Å²) in [5.74, 6) is -7.85. The van der Waals surface area contributed by atoms with Gasteiger partial charge in [0.2, 0.25) is 11.3 Å². The van der Waals surface area contributed by atoms with Crippen LogP contribution in [-0.2, 0) is 71.4 Å². The van der Waals surface area contributed by atoms with Crippen LogP contribution in [0, 0.1) is 51.0 Å². The summed E-state index contributed by atoms with van der Waals surface area (Å²) in [6.45, 7) is 17.7. The smallest absolute Gasteiger partial charge is 0.407 e. The van der Waals surface area contributed by atoms with Gasteiger partial charge in [0.25, 0.3) is 0 Å². The minimum atomic E-state index is -2.22. The number of rotatable bonds is 10. The molecule has 1 saturated carbocycles. The standard InChI is InChI=1S/C53H70N2O19/c1-24-13-16-37(72-41-22-51(10,55(64)65)46(29(6)68-41)54-50(63)66-12)25(2)18-36-38(69-30(7)57)19-33(23-56)21-53(36)48(61)42(49(62)74-53)47(60)52(11)35(24)15-14-34-43(52)26(3)17-27(4)44(34)73-40-20-39(70-31(8)58)45(28(5)67-40)71-32(9)59/h13-15,18-19,23,26-29,34-41,43-46,60H,16-17,20-22H2,1-12H3,(H,54,63)/b24-13+,25-18-,47-42+/t26-,27-,28-,29-,34-,35-,36+,37-,38-,39?,40+,41-,43+,44-,45?,46?,51?,52+,53-/m0/s1. The van der Waals surface area contributed by atoms with E-state index in [0.717, 1.165) is 14.0 Å². The molecule has 2 bridgehead atoms. The maximum absolute atomic E-state index is 15.6. The number of nitro groups is 1. The average Bonchev–Trinajstić information content (AvgIpc) is 3.55. The van der Waals surface area contributed by atoms with Crippen LogP contribution in [-0.4, -0.2) is 132 Å². The molecule has 0 radical (unpaired) electrons. The van der Waals surface area contributed by atoms with Gasteiger partial charge in [0.1, 0.15) is 35.9 Å². The van der Waals surface area contributed by atoms with Crippen LogP contribution in [0.15, 0.2) is 58.4 Å². The van der Waals surface area contributed by atoms with Gasteiger partial charge in [0, 0.05) is 62.7 Å². The lowest BCUT2D eigenvalue weighted by molar-refractivity contribution is -0.584. The molecule has 4 fully saturated rings. The molecule has 7 aliphatic rings. The molecule has 3 heterocycles. The monoisotopic (exact) mass is 1040 g/mol. The quantitative estimate of drug-likeness (QED) is 0.0497. The number of hydrogen-bond donors (Lipinski definition) is 2. The zero-order valence-corrected chi connectivity index (χ0v) is 44.0. The van der Waals surface area contributed by atoms with Crippen molar-refractivity contribution in [2.75, 3.05) is 7.11 Å². The van der Waals surface area contributed by atoms with E-state index in [1.54, 1.807) is 33.8 Å². The van der Waals surface area contributed by atoms with Crippen molar-refractivity contribution in [2.45, 2.75) is 181 Å². The van der Waals surface area contributed by atoms with Gasteiger partial charge in [-0.3, -0.25) is 34.1 Å². The fourth-order valence-corrected chi connectivity index (χ4v) is 13.3.